The van der Waals surface area contributed by atoms with E-state index in [0.717, 1.165) is 0 Å². The zero-order valence-electron chi connectivity index (χ0n) is 12.4. The molecule has 1 unspecified atom stereocenters. The van der Waals surface area contributed by atoms with Crippen molar-refractivity contribution < 1.29 is 27.8 Å². The van der Waals surface area contributed by atoms with Crippen LogP contribution >= 0.6 is 0 Å². The number of anilines is 1. The second-order valence-electron chi connectivity index (χ2n) is 5.14. The molecule has 1 amide bonds. The fourth-order valence-corrected chi connectivity index (χ4v) is 2.47. The normalized spacial score (nSPS) is 15.8. The first kappa shape index (κ1) is 15.9. The summed E-state index contributed by atoms with van der Waals surface area (Å²) < 4.78 is 33.6. The molecule has 1 aliphatic rings. The van der Waals surface area contributed by atoms with Gasteiger partial charge in [-0.05, 0) is 30.3 Å². The van der Waals surface area contributed by atoms with Crippen LogP contribution in [0.3, 0.4) is 0 Å². The summed E-state index contributed by atoms with van der Waals surface area (Å²) >= 11 is 0. The largest absolute Gasteiger partial charge is 0.453 e. The maximum Gasteiger partial charge on any atom is 0.387 e. The van der Waals surface area contributed by atoms with Crippen molar-refractivity contribution in [1.82, 2.24) is 0 Å². The monoisotopic (exact) mass is 333 g/mol. The highest BCUT2D eigenvalue weighted by molar-refractivity contribution is 5.96. The molecule has 1 N–H and O–H groups in total. The molecule has 0 fully saturated rings. The van der Waals surface area contributed by atoms with Crippen LogP contribution in [-0.2, 0) is 9.53 Å². The van der Waals surface area contributed by atoms with Gasteiger partial charge < -0.3 is 14.8 Å². The number of ether oxygens (including phenoxy) is 2. The number of cyclic esters (lactones) is 1. The SMILES string of the molecule is O=C(CC1OC(=O)c2ccccc21)Nc1ccc(OC(F)F)cc1. The minimum absolute atomic E-state index is 0.00153. The van der Waals surface area contributed by atoms with Gasteiger partial charge in [0, 0.05) is 11.3 Å². The van der Waals surface area contributed by atoms with Crippen molar-refractivity contribution in [3.05, 3.63) is 59.7 Å². The molecule has 5 nitrogen and oxygen atoms in total. The summed E-state index contributed by atoms with van der Waals surface area (Å²) in [5.74, 6) is -0.800. The van der Waals surface area contributed by atoms with Crippen LogP contribution < -0.4 is 10.1 Å². The molecular formula is C17H13F2NO4. The van der Waals surface area contributed by atoms with Crippen molar-refractivity contribution in [3.63, 3.8) is 0 Å². The van der Waals surface area contributed by atoms with Gasteiger partial charge >= 0.3 is 12.6 Å². The number of esters is 1. The lowest BCUT2D eigenvalue weighted by Gasteiger charge is -2.11. The van der Waals surface area contributed by atoms with E-state index in [4.69, 9.17) is 4.74 Å². The number of amides is 1. The molecule has 0 aromatic heterocycles. The number of hydrogen-bond acceptors (Lipinski definition) is 4. The van der Waals surface area contributed by atoms with E-state index in [1.54, 1.807) is 24.3 Å². The quantitative estimate of drug-likeness (QED) is 0.850. The fraction of sp³-hybridized carbons (Fsp3) is 0.176. The molecule has 7 heteroatoms. The maximum atomic E-state index is 12.1. The van der Waals surface area contributed by atoms with Crippen LogP contribution in [0.2, 0.25) is 0 Å². The van der Waals surface area contributed by atoms with Crippen molar-refractivity contribution in [2.75, 3.05) is 5.32 Å². The Hall–Kier alpha value is -2.96. The van der Waals surface area contributed by atoms with Gasteiger partial charge in [0.25, 0.3) is 0 Å². The zero-order chi connectivity index (χ0) is 17.1. The Morgan fingerprint density at radius 1 is 1.17 bits per heavy atom. The van der Waals surface area contributed by atoms with Crippen LogP contribution in [0.5, 0.6) is 5.75 Å². The molecule has 0 bridgehead atoms. The maximum absolute atomic E-state index is 12.1. The van der Waals surface area contributed by atoms with Gasteiger partial charge in [0.15, 0.2) is 0 Å². The number of carbonyl (C=O) groups excluding carboxylic acids is 2. The van der Waals surface area contributed by atoms with E-state index in [-0.39, 0.29) is 18.1 Å². The lowest BCUT2D eigenvalue weighted by molar-refractivity contribution is -0.118. The molecule has 0 radical (unpaired) electrons. The molecule has 3 rings (SSSR count). The number of alkyl halides is 2. The summed E-state index contributed by atoms with van der Waals surface area (Å²) in [6.45, 7) is -2.90. The first-order valence-electron chi connectivity index (χ1n) is 7.17. The zero-order valence-corrected chi connectivity index (χ0v) is 12.4. The molecule has 24 heavy (non-hydrogen) atoms. The molecule has 2 aromatic carbocycles. The molecule has 2 aromatic rings. The van der Waals surface area contributed by atoms with E-state index < -0.39 is 18.7 Å². The molecule has 0 saturated heterocycles. The highest BCUT2D eigenvalue weighted by atomic mass is 19.3. The molecule has 1 heterocycles. The van der Waals surface area contributed by atoms with Gasteiger partial charge in [-0.1, -0.05) is 18.2 Å². The van der Waals surface area contributed by atoms with E-state index in [1.807, 2.05) is 0 Å². The summed E-state index contributed by atoms with van der Waals surface area (Å²) in [7, 11) is 0. The van der Waals surface area contributed by atoms with Gasteiger partial charge in [0.2, 0.25) is 5.91 Å². The molecule has 124 valence electrons. The smallest absolute Gasteiger partial charge is 0.387 e. The summed E-state index contributed by atoms with van der Waals surface area (Å²) in [4.78, 5) is 23.8. The van der Waals surface area contributed by atoms with Crippen LogP contribution in [0.1, 0.15) is 28.4 Å². The molecule has 1 atom stereocenters. The Bertz CT molecular complexity index is 761. The highest BCUT2D eigenvalue weighted by Gasteiger charge is 2.31. The highest BCUT2D eigenvalue weighted by Crippen LogP contribution is 2.33. The second kappa shape index (κ2) is 6.66. The Kier molecular flexibility index (Phi) is 4.41. The minimum Gasteiger partial charge on any atom is -0.453 e. The predicted molar refractivity (Wildman–Crippen MR) is 80.9 cm³/mol. The number of fused-ring (bicyclic) bond motifs is 1. The summed E-state index contributed by atoms with van der Waals surface area (Å²) in [5, 5.41) is 2.62. The molecule has 0 saturated carbocycles. The Labute approximate surface area is 136 Å². The molecular weight excluding hydrogens is 320 g/mol. The van der Waals surface area contributed by atoms with Gasteiger partial charge in [0.1, 0.15) is 11.9 Å². The van der Waals surface area contributed by atoms with Crippen molar-refractivity contribution >= 4 is 17.6 Å². The average Bonchev–Trinajstić information content (AvgIpc) is 2.85. The number of benzene rings is 2. The van der Waals surface area contributed by atoms with Crippen molar-refractivity contribution in [1.29, 1.82) is 0 Å². The van der Waals surface area contributed by atoms with Crippen molar-refractivity contribution in [3.8, 4) is 5.75 Å². The number of carbonyl (C=O) groups is 2. The van der Waals surface area contributed by atoms with Gasteiger partial charge in [-0.15, -0.1) is 0 Å². The van der Waals surface area contributed by atoms with E-state index in [2.05, 4.69) is 10.1 Å². The van der Waals surface area contributed by atoms with Crippen LogP contribution in [0.25, 0.3) is 0 Å². The van der Waals surface area contributed by atoms with Crippen LogP contribution in [0, 0.1) is 0 Å². The number of halogens is 2. The van der Waals surface area contributed by atoms with E-state index in [1.165, 1.54) is 24.3 Å². The molecule has 1 aliphatic heterocycles. The summed E-state index contributed by atoms with van der Waals surface area (Å²) in [6, 6.07) is 12.4. The first-order valence-corrected chi connectivity index (χ1v) is 7.17. The van der Waals surface area contributed by atoms with E-state index in [0.29, 0.717) is 16.8 Å². The minimum atomic E-state index is -2.90. The second-order valence-corrected chi connectivity index (χ2v) is 5.14. The predicted octanol–water partition coefficient (Wildman–Crippen LogP) is 3.53. The van der Waals surface area contributed by atoms with Gasteiger partial charge in [-0.25, -0.2) is 4.79 Å². The number of hydrogen-bond donors (Lipinski definition) is 1. The lowest BCUT2D eigenvalue weighted by atomic mass is 10.0. The third-order valence-electron chi connectivity index (χ3n) is 3.51. The van der Waals surface area contributed by atoms with E-state index in [9.17, 15) is 18.4 Å². The van der Waals surface area contributed by atoms with E-state index >= 15 is 0 Å². The third-order valence-corrected chi connectivity index (χ3v) is 3.51. The fourth-order valence-electron chi connectivity index (χ4n) is 2.47. The first-order chi connectivity index (χ1) is 11.5. The Morgan fingerprint density at radius 3 is 2.58 bits per heavy atom. The van der Waals surface area contributed by atoms with Crippen molar-refractivity contribution in [2.45, 2.75) is 19.1 Å². The third kappa shape index (κ3) is 3.51. The lowest BCUT2D eigenvalue weighted by Crippen LogP contribution is -2.15. The molecule has 0 spiro atoms. The van der Waals surface area contributed by atoms with Crippen LogP contribution in [0.4, 0.5) is 14.5 Å². The van der Waals surface area contributed by atoms with Gasteiger partial charge in [-0.3, -0.25) is 4.79 Å². The van der Waals surface area contributed by atoms with Crippen LogP contribution in [-0.4, -0.2) is 18.5 Å². The van der Waals surface area contributed by atoms with Gasteiger partial charge in [-0.2, -0.15) is 8.78 Å². The average molecular weight is 333 g/mol. The summed E-state index contributed by atoms with van der Waals surface area (Å²) in [6.07, 6.45) is -0.659. The topological polar surface area (TPSA) is 64.6 Å². The Morgan fingerprint density at radius 2 is 1.88 bits per heavy atom. The Balaban J connectivity index is 1.61. The van der Waals surface area contributed by atoms with Gasteiger partial charge in [0.05, 0.1) is 12.0 Å². The van der Waals surface area contributed by atoms with Crippen molar-refractivity contribution in [2.24, 2.45) is 0 Å². The summed E-state index contributed by atoms with van der Waals surface area (Å²) in [5.41, 5.74) is 1.57. The number of nitrogens with one attached hydrogen (secondary N) is 1. The number of rotatable bonds is 5. The molecule has 0 aliphatic carbocycles. The standard InChI is InChI=1S/C17H13F2NO4/c18-17(19)23-11-7-5-10(6-8-11)20-15(21)9-14-12-3-1-2-4-13(12)16(22)24-14/h1-8,14,17H,9H2,(H,20,21). The van der Waals surface area contributed by atoms with Crippen LogP contribution in [0.15, 0.2) is 48.5 Å².